The fraction of sp³-hybridized carbons (Fsp3) is 0. The van der Waals surface area contributed by atoms with Gasteiger partial charge < -0.3 is 9.97 Å². The van der Waals surface area contributed by atoms with Gasteiger partial charge in [0.15, 0.2) is 0 Å². The van der Waals surface area contributed by atoms with Crippen molar-refractivity contribution >= 4 is 21.9 Å². The van der Waals surface area contributed by atoms with Crippen molar-refractivity contribution in [3.05, 3.63) is 61.3 Å². The highest BCUT2D eigenvalue weighted by molar-refractivity contribution is 5.77. The number of hydrogen-bond donors (Lipinski definition) is 2. The monoisotopic (exact) mass is 236 g/mol. The van der Waals surface area contributed by atoms with Gasteiger partial charge in [-0.25, -0.2) is 0 Å². The molecule has 0 atom stereocenters. The molecule has 4 heteroatoms. The third-order valence-electron chi connectivity index (χ3n) is 2.67. The lowest BCUT2D eigenvalue weighted by atomic mass is 10.3. The summed E-state index contributed by atoms with van der Waals surface area (Å²) >= 11 is 0. The van der Waals surface area contributed by atoms with Gasteiger partial charge in [-0.3, -0.25) is 9.97 Å². The molecule has 0 aliphatic carbocycles. The lowest BCUT2D eigenvalue weighted by Crippen LogP contribution is -1.68. The van der Waals surface area contributed by atoms with Gasteiger partial charge in [-0.15, -0.1) is 0 Å². The SMILES string of the molecule is c1cc2[nH]ccc2cn1.c1cnc2cc[nH]c2c1. The summed E-state index contributed by atoms with van der Waals surface area (Å²) in [6.45, 7) is 0. The third kappa shape index (κ3) is 2.08. The molecule has 0 fully saturated rings. The van der Waals surface area contributed by atoms with E-state index in [0.29, 0.717) is 0 Å². The lowest BCUT2D eigenvalue weighted by Gasteiger charge is -1.82. The second-order valence-corrected chi connectivity index (χ2v) is 3.85. The maximum Gasteiger partial charge on any atom is 0.0878 e. The van der Waals surface area contributed by atoms with Crippen LogP contribution in [0.25, 0.3) is 21.9 Å². The summed E-state index contributed by atoms with van der Waals surface area (Å²) in [4.78, 5) is 14.2. The van der Waals surface area contributed by atoms with Crippen molar-refractivity contribution in [2.75, 3.05) is 0 Å². The van der Waals surface area contributed by atoms with Gasteiger partial charge in [0.1, 0.15) is 0 Å². The van der Waals surface area contributed by atoms with Crippen LogP contribution < -0.4 is 0 Å². The molecule has 0 unspecified atom stereocenters. The van der Waals surface area contributed by atoms with Crippen LogP contribution in [-0.2, 0) is 0 Å². The zero-order valence-electron chi connectivity index (χ0n) is 9.67. The van der Waals surface area contributed by atoms with Crippen molar-refractivity contribution in [1.82, 2.24) is 19.9 Å². The van der Waals surface area contributed by atoms with Crippen molar-refractivity contribution in [1.29, 1.82) is 0 Å². The quantitative estimate of drug-likeness (QED) is 0.493. The standard InChI is InChI=1S/2C7H6N2/c1-4-9-7-2-3-8-5-6(1)7;1-2-6-7(8-4-1)3-5-9-6/h2*1-5,9H. The van der Waals surface area contributed by atoms with Crippen molar-refractivity contribution in [3.63, 3.8) is 0 Å². The van der Waals surface area contributed by atoms with Gasteiger partial charge >= 0.3 is 0 Å². The Balaban J connectivity index is 0.000000111. The molecule has 4 rings (SSSR count). The number of nitrogens with zero attached hydrogens (tertiary/aromatic N) is 2. The van der Waals surface area contributed by atoms with Gasteiger partial charge in [-0.1, -0.05) is 0 Å². The normalized spacial score (nSPS) is 10.2. The smallest absolute Gasteiger partial charge is 0.0878 e. The van der Waals surface area contributed by atoms with Crippen LogP contribution in [0.5, 0.6) is 0 Å². The van der Waals surface area contributed by atoms with E-state index in [2.05, 4.69) is 19.9 Å². The Bertz CT molecular complexity index is 628. The Labute approximate surface area is 104 Å². The molecule has 0 bridgehead atoms. The minimum Gasteiger partial charge on any atom is -0.361 e. The molecule has 18 heavy (non-hydrogen) atoms. The second kappa shape index (κ2) is 4.71. The van der Waals surface area contributed by atoms with Crippen molar-refractivity contribution in [2.45, 2.75) is 0 Å². The molecule has 88 valence electrons. The van der Waals surface area contributed by atoms with Gasteiger partial charge in [0.05, 0.1) is 11.0 Å². The van der Waals surface area contributed by atoms with Gasteiger partial charge in [0.25, 0.3) is 0 Å². The molecule has 0 aromatic carbocycles. The molecule has 2 N–H and O–H groups in total. The Morgan fingerprint density at radius 1 is 0.833 bits per heavy atom. The first-order valence-electron chi connectivity index (χ1n) is 5.69. The Morgan fingerprint density at radius 3 is 2.61 bits per heavy atom. The molecule has 4 nitrogen and oxygen atoms in total. The largest absolute Gasteiger partial charge is 0.361 e. The number of hydrogen-bond acceptors (Lipinski definition) is 2. The highest BCUT2D eigenvalue weighted by atomic mass is 14.7. The van der Waals surface area contributed by atoms with E-state index in [-0.39, 0.29) is 0 Å². The summed E-state index contributed by atoms with van der Waals surface area (Å²) in [6, 6.07) is 9.83. The molecule has 0 amide bonds. The predicted octanol–water partition coefficient (Wildman–Crippen LogP) is 3.13. The predicted molar refractivity (Wildman–Crippen MR) is 72.2 cm³/mol. The Kier molecular flexibility index (Phi) is 2.75. The number of H-pyrrole nitrogens is 2. The molecule has 0 spiro atoms. The van der Waals surface area contributed by atoms with Gasteiger partial charge in [0.2, 0.25) is 0 Å². The molecular formula is C14H12N4. The van der Waals surface area contributed by atoms with Gasteiger partial charge in [-0.05, 0) is 30.3 Å². The molecule has 0 aliphatic rings. The van der Waals surface area contributed by atoms with E-state index in [9.17, 15) is 0 Å². The maximum absolute atomic E-state index is 4.11. The fourth-order valence-corrected chi connectivity index (χ4v) is 1.77. The molecule has 0 aliphatic heterocycles. The van der Waals surface area contributed by atoms with E-state index < -0.39 is 0 Å². The first kappa shape index (κ1) is 10.5. The topological polar surface area (TPSA) is 57.4 Å². The van der Waals surface area contributed by atoms with Gasteiger partial charge in [-0.2, -0.15) is 0 Å². The summed E-state index contributed by atoms with van der Waals surface area (Å²) in [7, 11) is 0. The molecule has 0 saturated heterocycles. The zero-order valence-corrected chi connectivity index (χ0v) is 9.67. The molecule has 0 saturated carbocycles. The summed E-state index contributed by atoms with van der Waals surface area (Å²) in [6.07, 6.45) is 9.20. The van der Waals surface area contributed by atoms with Crippen molar-refractivity contribution in [2.24, 2.45) is 0 Å². The first-order valence-corrected chi connectivity index (χ1v) is 5.69. The summed E-state index contributed by atoms with van der Waals surface area (Å²) in [5, 5.41) is 1.16. The van der Waals surface area contributed by atoms with Crippen LogP contribution in [-0.4, -0.2) is 19.9 Å². The zero-order chi connectivity index (χ0) is 12.2. The highest BCUT2D eigenvalue weighted by Gasteiger charge is 1.88. The van der Waals surface area contributed by atoms with E-state index in [1.807, 2.05) is 48.9 Å². The Morgan fingerprint density at radius 2 is 1.72 bits per heavy atom. The molecule has 4 aromatic heterocycles. The van der Waals surface area contributed by atoms with E-state index in [4.69, 9.17) is 0 Å². The number of nitrogens with one attached hydrogen (secondary N) is 2. The first-order chi connectivity index (χ1) is 8.93. The van der Waals surface area contributed by atoms with Crippen LogP contribution in [0, 0.1) is 0 Å². The fourth-order valence-electron chi connectivity index (χ4n) is 1.77. The van der Waals surface area contributed by atoms with Crippen molar-refractivity contribution < 1.29 is 0 Å². The van der Waals surface area contributed by atoms with E-state index >= 15 is 0 Å². The maximum atomic E-state index is 4.11. The van der Waals surface area contributed by atoms with Crippen LogP contribution >= 0.6 is 0 Å². The molecular weight excluding hydrogens is 224 g/mol. The number of rotatable bonds is 0. The summed E-state index contributed by atoms with van der Waals surface area (Å²) in [5.41, 5.74) is 3.26. The molecule has 4 aromatic rings. The molecule has 4 heterocycles. The number of aromatic amines is 2. The average molecular weight is 236 g/mol. The van der Waals surface area contributed by atoms with E-state index in [1.54, 1.807) is 12.4 Å². The minimum atomic E-state index is 1.03. The van der Waals surface area contributed by atoms with Gasteiger partial charge in [0, 0.05) is 41.9 Å². The number of fused-ring (bicyclic) bond motifs is 2. The van der Waals surface area contributed by atoms with E-state index in [1.165, 1.54) is 0 Å². The highest BCUT2D eigenvalue weighted by Crippen LogP contribution is 2.07. The van der Waals surface area contributed by atoms with Crippen LogP contribution in [0.2, 0.25) is 0 Å². The van der Waals surface area contributed by atoms with Crippen LogP contribution in [0.1, 0.15) is 0 Å². The summed E-state index contributed by atoms with van der Waals surface area (Å²) in [5.74, 6) is 0. The van der Waals surface area contributed by atoms with Crippen LogP contribution in [0.4, 0.5) is 0 Å². The lowest BCUT2D eigenvalue weighted by molar-refractivity contribution is 1.36. The average Bonchev–Trinajstić information content (AvgIpc) is 3.08. The van der Waals surface area contributed by atoms with Crippen LogP contribution in [0.3, 0.4) is 0 Å². The van der Waals surface area contributed by atoms with Crippen molar-refractivity contribution in [3.8, 4) is 0 Å². The van der Waals surface area contributed by atoms with E-state index in [0.717, 1.165) is 21.9 Å². The molecule has 0 radical (unpaired) electrons. The summed E-state index contributed by atoms with van der Waals surface area (Å²) < 4.78 is 0. The number of aromatic nitrogens is 4. The second-order valence-electron chi connectivity index (χ2n) is 3.85. The minimum absolute atomic E-state index is 1.03. The third-order valence-corrected chi connectivity index (χ3v) is 2.67. The Hall–Kier alpha value is -2.62. The van der Waals surface area contributed by atoms with Crippen LogP contribution in [0.15, 0.2) is 61.3 Å². The number of pyridine rings is 2.